The van der Waals surface area contributed by atoms with E-state index in [0.717, 1.165) is 80.6 Å². The van der Waals surface area contributed by atoms with E-state index in [4.69, 9.17) is 9.97 Å². The molecule has 8 nitrogen and oxygen atoms in total. The van der Waals surface area contributed by atoms with Crippen molar-refractivity contribution in [1.29, 1.82) is 0 Å². The lowest BCUT2D eigenvalue weighted by Gasteiger charge is -2.21. The summed E-state index contributed by atoms with van der Waals surface area (Å²) in [6, 6.07) is 27.6. The van der Waals surface area contributed by atoms with Crippen LogP contribution in [0.15, 0.2) is 84.9 Å². The molecule has 292 valence electrons. The number of nitrogens with one attached hydrogen (secondary N) is 2. The van der Waals surface area contributed by atoms with Gasteiger partial charge in [0.25, 0.3) is 11.8 Å². The van der Waals surface area contributed by atoms with Gasteiger partial charge in [-0.2, -0.15) is 0 Å². The smallest absolute Gasteiger partial charge is 0.251 e. The quantitative estimate of drug-likeness (QED) is 0.160. The number of fused-ring (bicyclic) bond motifs is 2. The number of hydrogen-bond donors (Lipinski definition) is 2. The second-order valence-corrected chi connectivity index (χ2v) is 16.2. The Hall–Kier alpha value is -6.28. The van der Waals surface area contributed by atoms with Crippen molar-refractivity contribution in [3.8, 4) is 22.8 Å². The van der Waals surface area contributed by atoms with Gasteiger partial charge in [0.05, 0.1) is 47.3 Å². The molecule has 8 rings (SSSR count). The van der Waals surface area contributed by atoms with Crippen LogP contribution in [-0.2, 0) is 25.9 Å². The fraction of sp³-hybridized carbons (Fsp3) is 0.280. The summed E-state index contributed by atoms with van der Waals surface area (Å²) < 4.78 is 0. The van der Waals surface area contributed by atoms with Crippen LogP contribution < -0.4 is 10.6 Å². The molecule has 0 saturated carbocycles. The highest BCUT2D eigenvalue weighted by Crippen LogP contribution is 2.52. The lowest BCUT2D eigenvalue weighted by atomic mass is 9.83. The molecule has 4 aromatic heterocycles. The Balaban J connectivity index is 1.09. The third-order valence-electron chi connectivity index (χ3n) is 11.9. The number of carbonyl (C=O) groups is 2. The Bertz CT molecular complexity index is 2490. The van der Waals surface area contributed by atoms with E-state index in [9.17, 15) is 9.59 Å². The molecule has 0 radical (unpaired) electrons. The molecule has 2 N–H and O–H groups in total. The van der Waals surface area contributed by atoms with Crippen molar-refractivity contribution >= 4 is 23.0 Å². The number of rotatable bonds is 8. The van der Waals surface area contributed by atoms with E-state index in [0.29, 0.717) is 24.2 Å². The third kappa shape index (κ3) is 7.23. The normalized spacial score (nSPS) is 16.9. The molecule has 8 heteroatoms. The summed E-state index contributed by atoms with van der Waals surface area (Å²) in [6.07, 6.45) is 1.83. The average Bonchev–Trinajstić information content (AvgIpc) is 3.75. The van der Waals surface area contributed by atoms with E-state index >= 15 is 0 Å². The minimum absolute atomic E-state index is 0.116. The van der Waals surface area contributed by atoms with Gasteiger partial charge in [-0.15, -0.1) is 0 Å². The third-order valence-corrected chi connectivity index (χ3v) is 11.9. The predicted octanol–water partition coefficient (Wildman–Crippen LogP) is 9.61. The molecule has 2 aromatic carbocycles. The molecular weight excluding hydrogens is 717 g/mol. The molecule has 2 amide bonds. The van der Waals surface area contributed by atoms with E-state index in [1.54, 1.807) is 0 Å². The molecule has 4 heterocycles. The lowest BCUT2D eigenvalue weighted by molar-refractivity contribution is 0.0941. The van der Waals surface area contributed by atoms with Crippen LogP contribution in [0.25, 0.3) is 33.9 Å². The highest BCUT2D eigenvalue weighted by atomic mass is 16.2. The monoisotopic (exact) mass is 766 g/mol. The summed E-state index contributed by atoms with van der Waals surface area (Å²) >= 11 is 0. The number of pyridine rings is 4. The maximum atomic E-state index is 14.0. The van der Waals surface area contributed by atoms with Crippen molar-refractivity contribution < 1.29 is 9.59 Å². The van der Waals surface area contributed by atoms with Crippen LogP contribution in [0.2, 0.25) is 0 Å². The van der Waals surface area contributed by atoms with Crippen molar-refractivity contribution in [2.45, 2.75) is 81.3 Å². The first-order valence-corrected chi connectivity index (χ1v) is 20.2. The molecule has 2 aliphatic rings. The number of allylic oxidation sites excluding steroid dienone is 2. The highest BCUT2D eigenvalue weighted by Gasteiger charge is 2.38. The summed E-state index contributed by atoms with van der Waals surface area (Å²) in [5.74, 6) is 0.285. The summed E-state index contributed by atoms with van der Waals surface area (Å²) in [4.78, 5) is 46.9. The fourth-order valence-electron chi connectivity index (χ4n) is 9.12. The van der Waals surface area contributed by atoms with Crippen molar-refractivity contribution in [3.63, 3.8) is 0 Å². The van der Waals surface area contributed by atoms with Crippen LogP contribution in [0.4, 0.5) is 0 Å². The number of carbonyl (C=O) groups excluding carboxylic acids is 2. The zero-order valence-corrected chi connectivity index (χ0v) is 34.7. The van der Waals surface area contributed by atoms with Crippen LogP contribution in [-0.4, -0.2) is 31.8 Å². The second-order valence-electron chi connectivity index (χ2n) is 16.2. The maximum Gasteiger partial charge on any atom is 0.251 e. The van der Waals surface area contributed by atoms with Gasteiger partial charge >= 0.3 is 0 Å². The summed E-state index contributed by atoms with van der Waals surface area (Å²) in [5.41, 5.74) is 19.8. The van der Waals surface area contributed by atoms with Crippen LogP contribution in [0.5, 0.6) is 0 Å². The van der Waals surface area contributed by atoms with Gasteiger partial charge in [0.2, 0.25) is 0 Å². The number of nitrogens with zero attached hydrogens (tertiary/aromatic N) is 4. The molecular formula is C50H50N6O2. The van der Waals surface area contributed by atoms with Gasteiger partial charge in [0.1, 0.15) is 0 Å². The van der Waals surface area contributed by atoms with Crippen molar-refractivity contribution in [2.24, 2.45) is 11.8 Å². The van der Waals surface area contributed by atoms with Crippen LogP contribution in [0.3, 0.4) is 0 Å². The highest BCUT2D eigenvalue weighted by molar-refractivity contribution is 6.05. The fourth-order valence-corrected chi connectivity index (χ4v) is 9.12. The Morgan fingerprint density at radius 2 is 0.897 bits per heavy atom. The lowest BCUT2D eigenvalue weighted by Crippen LogP contribution is -2.25. The van der Waals surface area contributed by atoms with E-state index in [-0.39, 0.29) is 23.7 Å². The molecule has 2 aliphatic carbocycles. The molecule has 0 spiro atoms. The number of hydrogen-bond acceptors (Lipinski definition) is 6. The zero-order valence-electron chi connectivity index (χ0n) is 34.7. The van der Waals surface area contributed by atoms with Crippen LogP contribution in [0, 0.1) is 53.4 Å². The molecule has 0 saturated heterocycles. The van der Waals surface area contributed by atoms with E-state index < -0.39 is 0 Å². The van der Waals surface area contributed by atoms with Crippen LogP contribution >= 0.6 is 0 Å². The second kappa shape index (κ2) is 15.6. The predicted molar refractivity (Wildman–Crippen MR) is 231 cm³/mol. The largest absolute Gasteiger partial charge is 0.346 e. The van der Waals surface area contributed by atoms with E-state index in [1.165, 1.54) is 33.4 Å². The Labute approximate surface area is 341 Å². The van der Waals surface area contributed by atoms with Crippen molar-refractivity contribution in [1.82, 2.24) is 30.6 Å². The molecule has 58 heavy (non-hydrogen) atoms. The number of aromatic nitrogens is 4. The topological polar surface area (TPSA) is 110 Å². The Kier molecular flexibility index (Phi) is 10.4. The molecule has 0 aliphatic heterocycles. The van der Waals surface area contributed by atoms with Gasteiger partial charge in [-0.1, -0.05) is 38.1 Å². The van der Waals surface area contributed by atoms with Crippen molar-refractivity contribution in [3.05, 3.63) is 163 Å². The van der Waals surface area contributed by atoms with Crippen LogP contribution in [0.1, 0.15) is 102 Å². The molecule has 0 unspecified atom stereocenters. The number of aryl methyl sites for hydroxylation is 4. The van der Waals surface area contributed by atoms with Crippen molar-refractivity contribution in [2.75, 3.05) is 0 Å². The van der Waals surface area contributed by atoms with E-state index in [1.807, 2.05) is 86.6 Å². The Morgan fingerprint density at radius 3 is 1.28 bits per heavy atom. The van der Waals surface area contributed by atoms with Gasteiger partial charge in [-0.3, -0.25) is 19.6 Å². The first-order valence-electron chi connectivity index (χ1n) is 20.2. The number of benzene rings is 2. The molecule has 0 fully saturated rings. The van der Waals surface area contributed by atoms with Gasteiger partial charge in [0.15, 0.2) is 0 Å². The van der Waals surface area contributed by atoms with Gasteiger partial charge < -0.3 is 10.6 Å². The Morgan fingerprint density at radius 1 is 0.534 bits per heavy atom. The SMILES string of the molecule is Cc1cccc(-c2cccc(CNC(=O)c3cc(C)c4c(c3C)/C(=C3/c5c(C)c(C(=O)NCc6cccc(-c7cccc(C)n7)n6)cc(C)c5C[C@H]3C)[C@H](C)C4)n2)n1. The number of amides is 2. The zero-order chi connectivity index (χ0) is 40.8. The summed E-state index contributed by atoms with van der Waals surface area (Å²) in [7, 11) is 0. The standard InChI is InChI=1S/C50H50N6O2/c1-27-21-39(49(57)51-25-35-15-11-19-43(55-35)41-17-9-13-31(5)53-41)33(7)47-37(27)23-29(3)45(47)46-30(4)24-38-28(2)22-40(34(8)48(38)46)50(58)52-26-36-16-12-20-44(56-36)42-18-10-14-32(6)54-42/h9-22,29-30H,23-26H2,1-8H3,(H,51,57)(H,52,58)/b46-45+/t29-,30-/m1/s1. The first-order chi connectivity index (χ1) is 27.9. The van der Waals surface area contributed by atoms with Gasteiger partial charge in [0, 0.05) is 22.5 Å². The summed E-state index contributed by atoms with van der Waals surface area (Å²) in [6.45, 7) is 17.6. The average molecular weight is 767 g/mol. The molecule has 2 atom stereocenters. The maximum absolute atomic E-state index is 14.0. The first kappa shape index (κ1) is 38.6. The molecule has 6 aromatic rings. The van der Waals surface area contributed by atoms with E-state index in [2.05, 4.69) is 74.3 Å². The van der Waals surface area contributed by atoms with Gasteiger partial charge in [-0.25, -0.2) is 9.97 Å². The summed E-state index contributed by atoms with van der Waals surface area (Å²) in [5, 5.41) is 6.34. The molecule has 0 bridgehead atoms. The minimum Gasteiger partial charge on any atom is -0.346 e. The minimum atomic E-state index is -0.116. The van der Waals surface area contributed by atoms with Gasteiger partial charge in [-0.05, 0) is 183 Å².